The Kier molecular flexibility index (Phi) is 6.17. The van der Waals surface area contributed by atoms with Gasteiger partial charge in [0.15, 0.2) is 5.13 Å². The Hall–Kier alpha value is -1.67. The van der Waals surface area contributed by atoms with Crippen molar-refractivity contribution < 1.29 is 14.7 Å². The van der Waals surface area contributed by atoms with Gasteiger partial charge in [-0.25, -0.2) is 4.98 Å². The molecule has 2 heterocycles. The van der Waals surface area contributed by atoms with Crippen LogP contribution in [0.25, 0.3) is 0 Å². The second-order valence-electron chi connectivity index (χ2n) is 6.57. The lowest BCUT2D eigenvalue weighted by Gasteiger charge is -2.22. The number of aryl methyl sites for hydroxylation is 1. The Morgan fingerprint density at radius 2 is 2.17 bits per heavy atom. The molecule has 0 aromatic carbocycles. The SMILES string of the molecule is CCc1nc(N)sc1C(=O)N[C@@H]1CN(CCC(=O)O)C[C@H]1C(C)C. The third-order valence-corrected chi connectivity index (χ3v) is 5.44. The monoisotopic (exact) mass is 354 g/mol. The van der Waals surface area contributed by atoms with Crippen LogP contribution in [0.4, 0.5) is 5.13 Å². The first-order valence-corrected chi connectivity index (χ1v) is 9.13. The Bertz CT molecular complexity index is 602. The van der Waals surface area contributed by atoms with Crippen molar-refractivity contribution in [1.82, 2.24) is 15.2 Å². The van der Waals surface area contributed by atoms with E-state index in [9.17, 15) is 9.59 Å². The number of aliphatic carboxylic acids is 1. The number of carbonyl (C=O) groups excluding carboxylic acids is 1. The molecule has 24 heavy (non-hydrogen) atoms. The van der Waals surface area contributed by atoms with Gasteiger partial charge >= 0.3 is 5.97 Å². The lowest BCUT2D eigenvalue weighted by atomic mass is 9.91. The maximum atomic E-state index is 12.6. The van der Waals surface area contributed by atoms with Gasteiger partial charge in [-0.2, -0.15) is 0 Å². The number of carboxylic acids is 1. The maximum absolute atomic E-state index is 12.6. The molecule has 8 heteroatoms. The van der Waals surface area contributed by atoms with Gasteiger partial charge in [-0.1, -0.05) is 32.1 Å². The Morgan fingerprint density at radius 1 is 1.46 bits per heavy atom. The van der Waals surface area contributed by atoms with E-state index in [4.69, 9.17) is 10.8 Å². The smallest absolute Gasteiger partial charge is 0.304 e. The summed E-state index contributed by atoms with van der Waals surface area (Å²) in [6, 6.07) is 0.0133. The van der Waals surface area contributed by atoms with Crippen molar-refractivity contribution >= 4 is 28.3 Å². The van der Waals surface area contributed by atoms with Crippen molar-refractivity contribution in [1.29, 1.82) is 0 Å². The lowest BCUT2D eigenvalue weighted by molar-refractivity contribution is -0.137. The largest absolute Gasteiger partial charge is 0.481 e. The van der Waals surface area contributed by atoms with E-state index in [1.165, 1.54) is 11.3 Å². The van der Waals surface area contributed by atoms with Gasteiger partial charge in [0.2, 0.25) is 0 Å². The first-order valence-electron chi connectivity index (χ1n) is 8.32. The number of nitrogen functional groups attached to an aromatic ring is 1. The summed E-state index contributed by atoms with van der Waals surface area (Å²) in [5.41, 5.74) is 6.46. The normalized spacial score (nSPS) is 21.3. The molecule has 2 rings (SSSR count). The highest BCUT2D eigenvalue weighted by Crippen LogP contribution is 2.26. The average molecular weight is 354 g/mol. The number of thiazole rings is 1. The first-order chi connectivity index (χ1) is 11.3. The van der Waals surface area contributed by atoms with Crippen molar-refractivity contribution in [2.24, 2.45) is 11.8 Å². The summed E-state index contributed by atoms with van der Waals surface area (Å²) in [6.07, 6.45) is 0.788. The van der Waals surface area contributed by atoms with Crippen molar-refractivity contribution in [3.8, 4) is 0 Å². The number of hydrogen-bond donors (Lipinski definition) is 3. The van der Waals surface area contributed by atoms with E-state index in [-0.39, 0.29) is 18.4 Å². The minimum atomic E-state index is -0.795. The fraction of sp³-hybridized carbons (Fsp3) is 0.688. The number of anilines is 1. The summed E-state index contributed by atoms with van der Waals surface area (Å²) in [4.78, 5) is 30.3. The van der Waals surface area contributed by atoms with Crippen molar-refractivity contribution in [2.45, 2.75) is 39.7 Å². The molecule has 1 aromatic rings. The van der Waals surface area contributed by atoms with Crippen LogP contribution in [0.5, 0.6) is 0 Å². The summed E-state index contributed by atoms with van der Waals surface area (Å²) < 4.78 is 0. The molecule has 0 saturated carbocycles. The lowest BCUT2D eigenvalue weighted by Crippen LogP contribution is -2.42. The molecular weight excluding hydrogens is 328 g/mol. The van der Waals surface area contributed by atoms with Crippen LogP contribution in [-0.4, -0.2) is 52.5 Å². The quantitative estimate of drug-likeness (QED) is 0.684. The van der Waals surface area contributed by atoms with E-state index < -0.39 is 5.97 Å². The predicted octanol–water partition coefficient (Wildman–Crippen LogP) is 1.45. The molecule has 1 aromatic heterocycles. The number of nitrogens with zero attached hydrogens (tertiary/aromatic N) is 2. The molecule has 1 saturated heterocycles. The Labute approximate surface area is 146 Å². The number of likely N-dealkylation sites (tertiary alicyclic amines) is 1. The fourth-order valence-electron chi connectivity index (χ4n) is 3.20. The van der Waals surface area contributed by atoms with Gasteiger partial charge in [-0.15, -0.1) is 0 Å². The van der Waals surface area contributed by atoms with Crippen molar-refractivity contribution in [3.05, 3.63) is 10.6 Å². The van der Waals surface area contributed by atoms with Gasteiger partial charge < -0.3 is 21.1 Å². The van der Waals surface area contributed by atoms with Gasteiger partial charge in [0.05, 0.1) is 12.1 Å². The third kappa shape index (κ3) is 4.45. The number of aromatic nitrogens is 1. The van der Waals surface area contributed by atoms with E-state index in [1.54, 1.807) is 0 Å². The van der Waals surface area contributed by atoms with Crippen LogP contribution in [0.2, 0.25) is 0 Å². The van der Waals surface area contributed by atoms with Crippen molar-refractivity contribution in [2.75, 3.05) is 25.4 Å². The van der Waals surface area contributed by atoms with Gasteiger partial charge in [0.25, 0.3) is 5.91 Å². The predicted molar refractivity (Wildman–Crippen MR) is 94.2 cm³/mol. The van der Waals surface area contributed by atoms with E-state index in [2.05, 4.69) is 29.0 Å². The van der Waals surface area contributed by atoms with Gasteiger partial charge in [-0.05, 0) is 18.3 Å². The second-order valence-corrected chi connectivity index (χ2v) is 7.60. The molecule has 1 fully saturated rings. The molecule has 0 unspecified atom stereocenters. The van der Waals surface area contributed by atoms with Crippen LogP contribution in [0.3, 0.4) is 0 Å². The van der Waals surface area contributed by atoms with Gasteiger partial charge in [0, 0.05) is 25.7 Å². The molecule has 0 radical (unpaired) electrons. The molecule has 7 nitrogen and oxygen atoms in total. The van der Waals surface area contributed by atoms with E-state index >= 15 is 0 Å². The number of carboxylic acid groups (broad SMARTS) is 1. The second kappa shape index (κ2) is 7.94. The zero-order valence-corrected chi connectivity index (χ0v) is 15.2. The number of amides is 1. The molecule has 1 aliphatic heterocycles. The average Bonchev–Trinajstić information content (AvgIpc) is 3.08. The summed E-state index contributed by atoms with van der Waals surface area (Å²) in [7, 11) is 0. The Morgan fingerprint density at radius 3 is 2.75 bits per heavy atom. The van der Waals surface area contributed by atoms with Crippen molar-refractivity contribution in [3.63, 3.8) is 0 Å². The Balaban J connectivity index is 2.05. The molecule has 1 amide bonds. The summed E-state index contributed by atoms with van der Waals surface area (Å²) in [5.74, 6) is -0.214. The highest BCUT2D eigenvalue weighted by Gasteiger charge is 2.36. The number of nitrogens with two attached hydrogens (primary N) is 1. The first kappa shape index (κ1) is 18.7. The summed E-state index contributed by atoms with van der Waals surface area (Å²) in [6.45, 7) is 8.21. The summed E-state index contributed by atoms with van der Waals surface area (Å²) >= 11 is 1.22. The van der Waals surface area contributed by atoms with Crippen LogP contribution in [0.15, 0.2) is 0 Å². The van der Waals surface area contributed by atoms with E-state index in [0.717, 1.165) is 12.2 Å². The van der Waals surface area contributed by atoms with Crippen LogP contribution < -0.4 is 11.1 Å². The third-order valence-electron chi connectivity index (χ3n) is 4.51. The molecule has 0 aliphatic carbocycles. The van der Waals surface area contributed by atoms with Crippen LogP contribution in [-0.2, 0) is 11.2 Å². The highest BCUT2D eigenvalue weighted by molar-refractivity contribution is 7.17. The van der Waals surface area contributed by atoms with Gasteiger partial charge in [-0.3, -0.25) is 9.59 Å². The highest BCUT2D eigenvalue weighted by atomic mass is 32.1. The number of carbonyl (C=O) groups is 2. The molecule has 2 atom stereocenters. The van der Waals surface area contributed by atoms with E-state index in [1.807, 2.05) is 6.92 Å². The minimum Gasteiger partial charge on any atom is -0.481 e. The summed E-state index contributed by atoms with van der Waals surface area (Å²) in [5, 5.41) is 12.4. The van der Waals surface area contributed by atoms with E-state index in [0.29, 0.717) is 41.4 Å². The standard InChI is InChI=1S/C16H26N4O3S/c1-4-11-14(24-16(17)19-11)15(23)18-12-8-20(6-5-13(21)22)7-10(12)9(2)3/h9-10,12H,4-8H2,1-3H3,(H2,17,19)(H,18,23)(H,21,22)/t10-,12+/m0/s1. The van der Waals surface area contributed by atoms with Crippen LogP contribution in [0.1, 0.15) is 42.6 Å². The fourth-order valence-corrected chi connectivity index (χ4v) is 4.02. The van der Waals surface area contributed by atoms with Crippen LogP contribution >= 0.6 is 11.3 Å². The molecule has 1 aliphatic rings. The number of nitrogens with one attached hydrogen (secondary N) is 1. The zero-order chi connectivity index (χ0) is 17.9. The molecular formula is C16H26N4O3S. The topological polar surface area (TPSA) is 109 Å². The molecule has 134 valence electrons. The number of hydrogen-bond acceptors (Lipinski definition) is 6. The maximum Gasteiger partial charge on any atom is 0.304 e. The molecule has 4 N–H and O–H groups in total. The van der Waals surface area contributed by atoms with Gasteiger partial charge in [0.1, 0.15) is 4.88 Å². The van der Waals surface area contributed by atoms with Crippen LogP contribution in [0, 0.1) is 11.8 Å². The minimum absolute atomic E-state index is 0.0133. The zero-order valence-electron chi connectivity index (χ0n) is 14.4. The molecule has 0 spiro atoms. The number of rotatable bonds is 7. The molecule has 0 bridgehead atoms.